The number of benzene rings is 1. The fraction of sp³-hybridized carbons (Fsp3) is 0.622. The predicted octanol–water partition coefficient (Wildman–Crippen LogP) is 3.31. The third-order valence-corrected chi connectivity index (χ3v) is 10.1. The zero-order chi connectivity index (χ0) is 36.1. The highest BCUT2D eigenvalue weighted by Gasteiger charge is 2.69. The summed E-state index contributed by atoms with van der Waals surface area (Å²) >= 11 is 0. The van der Waals surface area contributed by atoms with Crippen LogP contribution >= 0.6 is 0 Å². The van der Waals surface area contributed by atoms with Crippen molar-refractivity contribution in [1.82, 2.24) is 26.2 Å². The Hall–Kier alpha value is -4.22. The molecule has 2 saturated carbocycles. The molecule has 0 spiro atoms. The molecule has 0 bridgehead atoms. The van der Waals surface area contributed by atoms with Crippen molar-refractivity contribution in [2.24, 2.45) is 23.2 Å². The number of fused-ring (bicyclic) bond motifs is 1. The zero-order valence-electron chi connectivity index (χ0n) is 29.7. The number of Topliss-reactive ketones (excluding diaryl/α,β-unsaturated/α-hetero) is 1. The molecule has 268 valence electrons. The van der Waals surface area contributed by atoms with E-state index < -0.39 is 59.9 Å². The monoisotopic (exact) mass is 679 g/mol. The lowest BCUT2D eigenvalue weighted by molar-refractivity contribution is -0.145. The number of nitrogens with zero attached hydrogens (tertiary/aromatic N) is 1. The summed E-state index contributed by atoms with van der Waals surface area (Å²) in [7, 11) is 0. The van der Waals surface area contributed by atoms with Crippen LogP contribution in [0.2, 0.25) is 0 Å². The van der Waals surface area contributed by atoms with Crippen LogP contribution in [0.5, 0.6) is 0 Å². The van der Waals surface area contributed by atoms with Gasteiger partial charge in [-0.3, -0.25) is 24.0 Å². The van der Waals surface area contributed by atoms with Gasteiger partial charge in [-0.1, -0.05) is 69.0 Å². The maximum atomic E-state index is 14.3. The molecule has 12 heteroatoms. The quantitative estimate of drug-likeness (QED) is 0.184. The largest absolute Gasteiger partial charge is 0.444 e. The van der Waals surface area contributed by atoms with Crippen LogP contribution in [0.25, 0.3) is 0 Å². The van der Waals surface area contributed by atoms with Crippen LogP contribution < -0.4 is 21.3 Å². The molecule has 2 aliphatic carbocycles. The summed E-state index contributed by atoms with van der Waals surface area (Å²) in [5, 5.41) is 10.6. The first-order valence-corrected chi connectivity index (χ1v) is 17.4. The van der Waals surface area contributed by atoms with Crippen molar-refractivity contribution in [3.05, 3.63) is 48.0 Å². The summed E-state index contributed by atoms with van der Waals surface area (Å²) in [6.07, 6.45) is 5.18. The van der Waals surface area contributed by atoms with E-state index in [9.17, 15) is 28.8 Å². The molecule has 3 fully saturated rings. The summed E-state index contributed by atoms with van der Waals surface area (Å²) in [6, 6.07) is 4.63. The molecule has 0 aromatic heterocycles. The van der Waals surface area contributed by atoms with Crippen molar-refractivity contribution in [2.75, 3.05) is 13.1 Å². The van der Waals surface area contributed by atoms with Crippen molar-refractivity contribution in [3.8, 4) is 0 Å². The molecule has 1 aliphatic heterocycles. The zero-order valence-corrected chi connectivity index (χ0v) is 29.7. The van der Waals surface area contributed by atoms with Crippen LogP contribution in [0, 0.1) is 30.1 Å². The Bertz CT molecular complexity index is 1430. The van der Waals surface area contributed by atoms with Crippen molar-refractivity contribution >= 4 is 35.5 Å². The highest BCUT2D eigenvalue weighted by Crippen LogP contribution is 2.65. The van der Waals surface area contributed by atoms with Crippen molar-refractivity contribution in [1.29, 1.82) is 0 Å². The lowest BCUT2D eigenvalue weighted by atomic mass is 9.83. The number of alkyl carbamates (subject to hydrolysis) is 1. The predicted molar refractivity (Wildman–Crippen MR) is 184 cm³/mol. The number of likely N-dealkylation sites (tertiary alicyclic amines) is 1. The van der Waals surface area contributed by atoms with Crippen LogP contribution in [-0.2, 0) is 35.3 Å². The minimum atomic E-state index is -1.24. The Morgan fingerprint density at radius 1 is 1.00 bits per heavy atom. The van der Waals surface area contributed by atoms with Crippen molar-refractivity contribution < 1.29 is 33.5 Å². The van der Waals surface area contributed by atoms with E-state index in [0.29, 0.717) is 6.54 Å². The minimum Gasteiger partial charge on any atom is -0.444 e. The van der Waals surface area contributed by atoms with Crippen LogP contribution in [0.4, 0.5) is 4.79 Å². The first-order valence-electron chi connectivity index (χ1n) is 17.4. The number of hydrogen-bond acceptors (Lipinski definition) is 7. The van der Waals surface area contributed by atoms with E-state index in [1.54, 1.807) is 25.7 Å². The maximum absolute atomic E-state index is 14.3. The Kier molecular flexibility index (Phi) is 11.9. The highest BCUT2D eigenvalue weighted by molar-refractivity contribution is 6.38. The standard InChI is InChI=1S/C37H53N5O7/c1-8-12-26(31(44)33(46)39-20-27(43)38-19-23-17-15-22(2)16-18-23)40-32(45)30-28-25(37(28,6)7)21-42(30)34(47)29(24-13-10-9-11-14-24)41-35(48)49-36(3,4)5/h8,15-18,24-26,28-30H,1,9-14,19-21H2,2-7H3,(H,38,43)(H,39,46)(H,40,45)(H,41,48)/t25-,26?,28-,29-,30-/m0/s1. The Morgan fingerprint density at radius 2 is 1.65 bits per heavy atom. The van der Waals surface area contributed by atoms with Crippen molar-refractivity contribution in [2.45, 2.75) is 110 Å². The first-order chi connectivity index (χ1) is 23.0. The fourth-order valence-electron chi connectivity index (χ4n) is 7.31. The number of carbonyl (C=O) groups excluding carboxylic acids is 6. The number of hydrogen-bond donors (Lipinski definition) is 4. The normalized spacial score (nSPS) is 22.5. The van der Waals surface area contributed by atoms with E-state index in [-0.39, 0.29) is 42.0 Å². The van der Waals surface area contributed by atoms with E-state index in [2.05, 4.69) is 27.8 Å². The molecule has 1 saturated heterocycles. The van der Waals surface area contributed by atoms with Crippen LogP contribution in [-0.4, -0.2) is 77.2 Å². The average Bonchev–Trinajstić information content (AvgIpc) is 3.35. The fourth-order valence-corrected chi connectivity index (χ4v) is 7.31. The van der Waals surface area contributed by atoms with Crippen molar-refractivity contribution in [3.63, 3.8) is 0 Å². The Labute approximate surface area is 289 Å². The molecule has 4 rings (SSSR count). The lowest BCUT2D eigenvalue weighted by Gasteiger charge is -2.37. The van der Waals surface area contributed by atoms with Crippen LogP contribution in [0.15, 0.2) is 36.9 Å². The summed E-state index contributed by atoms with van der Waals surface area (Å²) in [5.74, 6) is -3.49. The third-order valence-electron chi connectivity index (χ3n) is 10.1. The van der Waals surface area contributed by atoms with Crippen LogP contribution in [0.1, 0.15) is 84.3 Å². The molecule has 0 radical (unpaired) electrons. The average molecular weight is 680 g/mol. The Balaban J connectivity index is 1.43. The number of piperidine rings is 1. The molecule has 5 amide bonds. The Morgan fingerprint density at radius 3 is 2.27 bits per heavy atom. The van der Waals surface area contributed by atoms with Gasteiger partial charge in [0.25, 0.3) is 5.91 Å². The maximum Gasteiger partial charge on any atom is 0.408 e. The molecular weight excluding hydrogens is 626 g/mol. The summed E-state index contributed by atoms with van der Waals surface area (Å²) in [4.78, 5) is 81.2. The lowest BCUT2D eigenvalue weighted by Crippen LogP contribution is -2.60. The third kappa shape index (κ3) is 9.48. The van der Waals surface area contributed by atoms with E-state index in [0.717, 1.165) is 43.2 Å². The van der Waals surface area contributed by atoms with Gasteiger partial charge in [0, 0.05) is 13.1 Å². The smallest absolute Gasteiger partial charge is 0.408 e. The molecule has 1 unspecified atom stereocenters. The number of rotatable bonds is 13. The number of ketones is 1. The summed E-state index contributed by atoms with van der Waals surface area (Å²) < 4.78 is 5.50. The summed E-state index contributed by atoms with van der Waals surface area (Å²) in [5.41, 5.74) is 1.02. The summed E-state index contributed by atoms with van der Waals surface area (Å²) in [6.45, 7) is 15.2. The van der Waals surface area contributed by atoms with E-state index in [4.69, 9.17) is 4.74 Å². The van der Waals surface area contributed by atoms with Crippen LogP contribution in [0.3, 0.4) is 0 Å². The number of nitrogens with one attached hydrogen (secondary N) is 4. The number of amides is 5. The SMILES string of the molecule is C=CCC(NC(=O)[C@@H]1[C@@H]2[C@H](CN1C(=O)[C@@H](NC(=O)OC(C)(C)C)C1CCCCC1)C2(C)C)C(=O)C(=O)NCC(=O)NCc1ccc(C)cc1. The van der Waals surface area contributed by atoms with Gasteiger partial charge in [-0.05, 0) is 75.7 Å². The molecule has 1 aromatic rings. The number of ether oxygens (including phenoxy) is 1. The molecule has 1 heterocycles. The van der Waals surface area contributed by atoms with E-state index >= 15 is 0 Å². The van der Waals surface area contributed by atoms with E-state index in [1.807, 2.05) is 45.0 Å². The van der Waals surface area contributed by atoms with Gasteiger partial charge in [0.2, 0.25) is 23.5 Å². The van der Waals surface area contributed by atoms with Gasteiger partial charge < -0.3 is 30.9 Å². The molecule has 12 nitrogen and oxygen atoms in total. The first kappa shape index (κ1) is 37.6. The second kappa shape index (κ2) is 15.6. The molecule has 49 heavy (non-hydrogen) atoms. The van der Waals surface area contributed by atoms with Gasteiger partial charge in [0.05, 0.1) is 6.54 Å². The second-order valence-corrected chi connectivity index (χ2v) is 15.3. The molecule has 4 N–H and O–H groups in total. The molecule has 5 atom stereocenters. The number of aryl methyl sites for hydroxylation is 1. The van der Waals surface area contributed by atoms with Gasteiger partial charge in [0.15, 0.2) is 0 Å². The van der Waals surface area contributed by atoms with Gasteiger partial charge in [-0.25, -0.2) is 4.79 Å². The minimum absolute atomic E-state index is 0.0271. The highest BCUT2D eigenvalue weighted by atomic mass is 16.6. The van der Waals surface area contributed by atoms with Gasteiger partial charge in [-0.2, -0.15) is 0 Å². The second-order valence-electron chi connectivity index (χ2n) is 15.3. The number of carbonyl (C=O) groups is 6. The molecular formula is C37H53N5O7. The topological polar surface area (TPSA) is 163 Å². The van der Waals surface area contributed by atoms with E-state index in [1.165, 1.54) is 6.08 Å². The molecule has 3 aliphatic rings. The van der Waals surface area contributed by atoms with Gasteiger partial charge in [0.1, 0.15) is 23.7 Å². The van der Waals surface area contributed by atoms with Gasteiger partial charge >= 0.3 is 6.09 Å². The van der Waals surface area contributed by atoms with Gasteiger partial charge in [-0.15, -0.1) is 6.58 Å². The molecule has 1 aromatic carbocycles.